The third-order valence-corrected chi connectivity index (χ3v) is 3.52. The third-order valence-electron chi connectivity index (χ3n) is 3.03. The van der Waals surface area contributed by atoms with Crippen molar-refractivity contribution in [2.75, 3.05) is 5.73 Å². The predicted octanol–water partition coefficient (Wildman–Crippen LogP) is 5.46. The lowest BCUT2D eigenvalue weighted by Gasteiger charge is -2.16. The van der Waals surface area contributed by atoms with Crippen LogP contribution in [0.25, 0.3) is 0 Å². The number of nitrogen functional groups attached to an aromatic ring is 1. The van der Waals surface area contributed by atoms with E-state index in [9.17, 15) is 13.2 Å². The Labute approximate surface area is 128 Å². The molecular formula is C15H13BrF3NO. The highest BCUT2D eigenvalue weighted by molar-refractivity contribution is 9.10. The van der Waals surface area contributed by atoms with Gasteiger partial charge in [0, 0.05) is 10.2 Å². The molecule has 0 atom stereocenters. The minimum atomic E-state index is -4.49. The second-order valence-electron chi connectivity index (χ2n) is 4.71. The Hall–Kier alpha value is -1.69. The van der Waals surface area contributed by atoms with Crippen molar-refractivity contribution in [3.05, 3.63) is 51.5 Å². The SMILES string of the molecule is Cc1cc(Oc2ccc(Br)cc2C(F)(F)F)c(C)cc1N. The first-order chi connectivity index (χ1) is 9.68. The van der Waals surface area contributed by atoms with Gasteiger partial charge in [-0.25, -0.2) is 0 Å². The Morgan fingerprint density at radius 3 is 2.29 bits per heavy atom. The second-order valence-corrected chi connectivity index (χ2v) is 5.63. The average molecular weight is 360 g/mol. The molecule has 0 heterocycles. The van der Waals surface area contributed by atoms with Crippen LogP contribution in [0.15, 0.2) is 34.8 Å². The summed E-state index contributed by atoms with van der Waals surface area (Å²) in [6, 6.07) is 7.10. The highest BCUT2D eigenvalue weighted by Crippen LogP contribution is 2.40. The monoisotopic (exact) mass is 359 g/mol. The Morgan fingerprint density at radius 2 is 1.67 bits per heavy atom. The number of benzene rings is 2. The topological polar surface area (TPSA) is 35.2 Å². The lowest BCUT2D eigenvalue weighted by atomic mass is 10.1. The van der Waals surface area contributed by atoms with Crippen LogP contribution in [0.2, 0.25) is 0 Å². The van der Waals surface area contributed by atoms with E-state index >= 15 is 0 Å². The van der Waals surface area contributed by atoms with Crippen LogP contribution in [0.1, 0.15) is 16.7 Å². The van der Waals surface area contributed by atoms with Gasteiger partial charge in [0.2, 0.25) is 0 Å². The summed E-state index contributed by atoms with van der Waals surface area (Å²) in [5, 5.41) is 0. The summed E-state index contributed by atoms with van der Waals surface area (Å²) in [6.07, 6.45) is -4.49. The molecule has 0 aromatic heterocycles. The molecule has 2 nitrogen and oxygen atoms in total. The fraction of sp³-hybridized carbons (Fsp3) is 0.200. The standard InChI is InChI=1S/C15H13BrF3NO/c1-8-6-14(9(2)5-12(8)20)21-13-4-3-10(16)7-11(13)15(17,18)19/h3-7H,20H2,1-2H3. The van der Waals surface area contributed by atoms with E-state index in [1.807, 2.05) is 0 Å². The van der Waals surface area contributed by atoms with Gasteiger partial charge in [0.25, 0.3) is 0 Å². The zero-order chi connectivity index (χ0) is 15.8. The Kier molecular flexibility index (Phi) is 4.18. The first-order valence-corrected chi connectivity index (χ1v) is 6.89. The Bertz CT molecular complexity index is 683. The maximum absolute atomic E-state index is 13.1. The predicted molar refractivity (Wildman–Crippen MR) is 79.5 cm³/mol. The van der Waals surface area contributed by atoms with Gasteiger partial charge in [0.05, 0.1) is 5.56 Å². The van der Waals surface area contributed by atoms with Crippen LogP contribution in [0, 0.1) is 13.8 Å². The van der Waals surface area contributed by atoms with Gasteiger partial charge in [-0.1, -0.05) is 15.9 Å². The number of rotatable bonds is 2. The van der Waals surface area contributed by atoms with Gasteiger partial charge >= 0.3 is 6.18 Å². The van der Waals surface area contributed by atoms with E-state index in [-0.39, 0.29) is 5.75 Å². The molecule has 6 heteroatoms. The molecule has 0 aliphatic heterocycles. The van der Waals surface area contributed by atoms with Gasteiger partial charge in [0.15, 0.2) is 0 Å². The molecule has 0 amide bonds. The van der Waals surface area contributed by atoms with Gasteiger partial charge in [0.1, 0.15) is 11.5 Å². The minimum absolute atomic E-state index is 0.238. The first kappa shape index (κ1) is 15.7. The van der Waals surface area contributed by atoms with Crippen molar-refractivity contribution in [2.45, 2.75) is 20.0 Å². The maximum atomic E-state index is 13.1. The normalized spacial score (nSPS) is 11.5. The molecule has 2 aromatic carbocycles. The second kappa shape index (κ2) is 5.60. The molecule has 0 spiro atoms. The summed E-state index contributed by atoms with van der Waals surface area (Å²) in [5.41, 5.74) is 6.93. The van der Waals surface area contributed by atoms with Crippen LogP contribution in [0.4, 0.5) is 18.9 Å². The van der Waals surface area contributed by atoms with E-state index in [4.69, 9.17) is 10.5 Å². The summed E-state index contributed by atoms with van der Waals surface area (Å²) < 4.78 is 45.0. The first-order valence-electron chi connectivity index (χ1n) is 6.10. The van der Waals surface area contributed by atoms with Crippen molar-refractivity contribution >= 4 is 21.6 Å². The van der Waals surface area contributed by atoms with Crippen molar-refractivity contribution in [3.63, 3.8) is 0 Å². The molecule has 2 rings (SSSR count). The molecule has 0 saturated heterocycles. The van der Waals surface area contributed by atoms with Crippen molar-refractivity contribution in [3.8, 4) is 11.5 Å². The van der Waals surface area contributed by atoms with Gasteiger partial charge in [-0.05, 0) is 55.3 Å². The zero-order valence-corrected chi connectivity index (χ0v) is 13.0. The molecular weight excluding hydrogens is 347 g/mol. The van der Waals surface area contributed by atoms with E-state index in [1.165, 1.54) is 12.1 Å². The Morgan fingerprint density at radius 1 is 1.00 bits per heavy atom. The van der Waals surface area contributed by atoms with Crippen molar-refractivity contribution in [2.24, 2.45) is 0 Å². The van der Waals surface area contributed by atoms with E-state index < -0.39 is 11.7 Å². The van der Waals surface area contributed by atoms with E-state index in [0.717, 1.165) is 11.6 Å². The van der Waals surface area contributed by atoms with Crippen LogP contribution in [-0.2, 0) is 6.18 Å². The van der Waals surface area contributed by atoms with Crippen molar-refractivity contribution < 1.29 is 17.9 Å². The highest BCUT2D eigenvalue weighted by atomic mass is 79.9. The van der Waals surface area contributed by atoms with E-state index in [1.54, 1.807) is 26.0 Å². The third kappa shape index (κ3) is 3.50. The largest absolute Gasteiger partial charge is 0.456 e. The highest BCUT2D eigenvalue weighted by Gasteiger charge is 2.34. The number of hydrogen-bond donors (Lipinski definition) is 1. The van der Waals surface area contributed by atoms with Gasteiger partial charge in [-0.15, -0.1) is 0 Å². The lowest BCUT2D eigenvalue weighted by Crippen LogP contribution is -2.07. The zero-order valence-electron chi connectivity index (χ0n) is 11.4. The molecule has 21 heavy (non-hydrogen) atoms. The summed E-state index contributed by atoms with van der Waals surface area (Å²) in [4.78, 5) is 0. The number of anilines is 1. The van der Waals surface area contributed by atoms with Gasteiger partial charge in [-0.3, -0.25) is 0 Å². The van der Waals surface area contributed by atoms with Crippen LogP contribution < -0.4 is 10.5 Å². The van der Waals surface area contributed by atoms with Crippen LogP contribution >= 0.6 is 15.9 Å². The van der Waals surface area contributed by atoms with Crippen molar-refractivity contribution in [1.82, 2.24) is 0 Å². The quantitative estimate of drug-likeness (QED) is 0.722. The molecule has 112 valence electrons. The number of ether oxygens (including phenoxy) is 1. The van der Waals surface area contributed by atoms with E-state index in [2.05, 4.69) is 15.9 Å². The average Bonchev–Trinajstić information content (AvgIpc) is 2.36. The number of alkyl halides is 3. The summed E-state index contributed by atoms with van der Waals surface area (Å²) in [7, 11) is 0. The van der Waals surface area contributed by atoms with Crippen molar-refractivity contribution in [1.29, 1.82) is 0 Å². The molecule has 2 N–H and O–H groups in total. The molecule has 0 unspecified atom stereocenters. The number of halogens is 4. The number of aryl methyl sites for hydroxylation is 2. The van der Waals surface area contributed by atoms with Crippen LogP contribution in [0.5, 0.6) is 11.5 Å². The molecule has 0 bridgehead atoms. The molecule has 0 aliphatic rings. The van der Waals surface area contributed by atoms with Gasteiger partial charge < -0.3 is 10.5 Å². The Balaban J connectivity index is 2.47. The fourth-order valence-electron chi connectivity index (χ4n) is 1.85. The smallest absolute Gasteiger partial charge is 0.420 e. The molecule has 2 aromatic rings. The van der Waals surface area contributed by atoms with Gasteiger partial charge in [-0.2, -0.15) is 13.2 Å². The summed E-state index contributed by atoms with van der Waals surface area (Å²) >= 11 is 3.04. The van der Waals surface area contributed by atoms with Crippen LogP contribution in [0.3, 0.4) is 0 Å². The fourth-order valence-corrected chi connectivity index (χ4v) is 2.21. The molecule has 0 aliphatic carbocycles. The minimum Gasteiger partial charge on any atom is -0.456 e. The van der Waals surface area contributed by atoms with E-state index in [0.29, 0.717) is 21.5 Å². The summed E-state index contributed by atoms with van der Waals surface area (Å²) in [5.74, 6) is 0.118. The lowest BCUT2D eigenvalue weighted by molar-refractivity contribution is -0.138. The molecule has 0 fully saturated rings. The molecule has 0 saturated carbocycles. The molecule has 0 radical (unpaired) electrons. The maximum Gasteiger partial charge on any atom is 0.420 e. The summed E-state index contributed by atoms with van der Waals surface area (Å²) in [6.45, 7) is 3.51. The van der Waals surface area contributed by atoms with Crippen LogP contribution in [-0.4, -0.2) is 0 Å². The number of hydrogen-bond acceptors (Lipinski definition) is 2. The number of nitrogens with two attached hydrogens (primary N) is 1.